The predicted octanol–water partition coefficient (Wildman–Crippen LogP) is 1.80. The van der Waals surface area contributed by atoms with Gasteiger partial charge in [0.25, 0.3) is 0 Å². The molecule has 92 valence electrons. The van der Waals surface area contributed by atoms with Gasteiger partial charge in [0, 0.05) is 32.4 Å². The van der Waals surface area contributed by atoms with Crippen molar-refractivity contribution in [3.63, 3.8) is 0 Å². The maximum atomic E-state index is 12.1. The molecule has 1 heterocycles. The van der Waals surface area contributed by atoms with Crippen molar-refractivity contribution in [2.75, 3.05) is 25.0 Å². The average Bonchev–Trinajstić information content (AvgIpc) is 2.91. The van der Waals surface area contributed by atoms with Gasteiger partial charge in [0.15, 0.2) is 0 Å². The molecule has 17 heavy (non-hydrogen) atoms. The number of carbonyl (C=O) groups excluding carboxylic acids is 1. The predicted molar refractivity (Wildman–Crippen MR) is 68.9 cm³/mol. The fourth-order valence-corrected chi connectivity index (χ4v) is 2.09. The molecule has 0 radical (unpaired) electrons. The van der Waals surface area contributed by atoms with Gasteiger partial charge in [-0.3, -0.25) is 4.90 Å². The SMILES string of the molecule is CN(C(=O)N1CCCC1)c1ccc(CN)cc1. The van der Waals surface area contributed by atoms with E-state index in [4.69, 9.17) is 5.73 Å². The van der Waals surface area contributed by atoms with Crippen molar-refractivity contribution in [1.82, 2.24) is 4.90 Å². The highest BCUT2D eigenvalue weighted by Crippen LogP contribution is 2.17. The van der Waals surface area contributed by atoms with Crippen LogP contribution in [0.2, 0.25) is 0 Å². The van der Waals surface area contributed by atoms with Crippen LogP contribution >= 0.6 is 0 Å². The summed E-state index contributed by atoms with van der Waals surface area (Å²) in [5, 5.41) is 0. The Labute approximate surface area is 102 Å². The molecule has 0 aliphatic carbocycles. The van der Waals surface area contributed by atoms with Gasteiger partial charge in [-0.25, -0.2) is 4.79 Å². The molecule has 2 amide bonds. The van der Waals surface area contributed by atoms with E-state index < -0.39 is 0 Å². The average molecular weight is 233 g/mol. The molecule has 0 saturated carbocycles. The Morgan fingerprint density at radius 2 is 1.88 bits per heavy atom. The first-order valence-corrected chi connectivity index (χ1v) is 6.04. The summed E-state index contributed by atoms with van der Waals surface area (Å²) in [4.78, 5) is 15.7. The third-order valence-electron chi connectivity index (χ3n) is 3.22. The van der Waals surface area contributed by atoms with Crippen molar-refractivity contribution in [3.05, 3.63) is 29.8 Å². The molecule has 0 atom stereocenters. The minimum Gasteiger partial charge on any atom is -0.326 e. The summed E-state index contributed by atoms with van der Waals surface area (Å²) in [6.07, 6.45) is 2.23. The van der Waals surface area contributed by atoms with Crippen LogP contribution in [0.15, 0.2) is 24.3 Å². The number of nitrogens with zero attached hydrogens (tertiary/aromatic N) is 2. The monoisotopic (exact) mass is 233 g/mol. The van der Waals surface area contributed by atoms with E-state index in [1.54, 1.807) is 4.90 Å². The maximum Gasteiger partial charge on any atom is 0.324 e. The standard InChI is InChI=1S/C13H19N3O/c1-15(13(17)16-8-2-3-9-16)12-6-4-11(10-14)5-7-12/h4-7H,2-3,8-10,14H2,1H3. The number of carbonyl (C=O) groups is 1. The first-order chi connectivity index (χ1) is 8.22. The molecular formula is C13H19N3O. The summed E-state index contributed by atoms with van der Waals surface area (Å²) in [6, 6.07) is 7.89. The topological polar surface area (TPSA) is 49.6 Å². The number of amides is 2. The highest BCUT2D eigenvalue weighted by atomic mass is 16.2. The van der Waals surface area contributed by atoms with Crippen molar-refractivity contribution in [3.8, 4) is 0 Å². The van der Waals surface area contributed by atoms with Crippen LogP contribution in [0.1, 0.15) is 18.4 Å². The van der Waals surface area contributed by atoms with Crippen LogP contribution in [0.4, 0.5) is 10.5 Å². The van der Waals surface area contributed by atoms with Crippen LogP contribution in [0.5, 0.6) is 0 Å². The van der Waals surface area contributed by atoms with Crippen molar-refractivity contribution in [2.24, 2.45) is 5.73 Å². The lowest BCUT2D eigenvalue weighted by atomic mass is 10.2. The van der Waals surface area contributed by atoms with Gasteiger partial charge in [0.2, 0.25) is 0 Å². The van der Waals surface area contributed by atoms with Gasteiger partial charge < -0.3 is 10.6 Å². The summed E-state index contributed by atoms with van der Waals surface area (Å²) < 4.78 is 0. The van der Waals surface area contributed by atoms with E-state index in [0.717, 1.165) is 37.2 Å². The number of anilines is 1. The zero-order chi connectivity index (χ0) is 12.3. The molecule has 2 rings (SSSR count). The number of rotatable bonds is 2. The number of nitrogens with two attached hydrogens (primary N) is 1. The van der Waals surface area contributed by atoms with Gasteiger partial charge in [0.05, 0.1) is 0 Å². The largest absolute Gasteiger partial charge is 0.326 e. The Balaban J connectivity index is 2.07. The van der Waals surface area contributed by atoms with Crippen molar-refractivity contribution < 1.29 is 4.79 Å². The number of benzene rings is 1. The van der Waals surface area contributed by atoms with E-state index in [1.807, 2.05) is 36.2 Å². The summed E-state index contributed by atoms with van der Waals surface area (Å²) >= 11 is 0. The lowest BCUT2D eigenvalue weighted by Gasteiger charge is -2.24. The number of urea groups is 1. The number of hydrogen-bond acceptors (Lipinski definition) is 2. The maximum absolute atomic E-state index is 12.1. The second kappa shape index (κ2) is 5.19. The van der Waals surface area contributed by atoms with E-state index in [1.165, 1.54) is 0 Å². The lowest BCUT2D eigenvalue weighted by molar-refractivity contribution is 0.217. The van der Waals surface area contributed by atoms with Crippen molar-refractivity contribution in [1.29, 1.82) is 0 Å². The van der Waals surface area contributed by atoms with Crippen LogP contribution in [0.25, 0.3) is 0 Å². The summed E-state index contributed by atoms with van der Waals surface area (Å²) in [5.41, 5.74) is 7.54. The first-order valence-electron chi connectivity index (χ1n) is 6.04. The van der Waals surface area contributed by atoms with Gasteiger partial charge in [-0.2, -0.15) is 0 Å². The van der Waals surface area contributed by atoms with Gasteiger partial charge >= 0.3 is 6.03 Å². The van der Waals surface area contributed by atoms with Gasteiger partial charge in [-0.05, 0) is 30.5 Å². The zero-order valence-electron chi connectivity index (χ0n) is 10.2. The van der Waals surface area contributed by atoms with Crippen LogP contribution in [0.3, 0.4) is 0 Å². The van der Waals surface area contributed by atoms with Gasteiger partial charge in [0.1, 0.15) is 0 Å². The van der Waals surface area contributed by atoms with Gasteiger partial charge in [-0.15, -0.1) is 0 Å². The molecule has 2 N–H and O–H groups in total. The molecule has 1 fully saturated rings. The Morgan fingerprint density at radius 3 is 2.41 bits per heavy atom. The van der Waals surface area contributed by atoms with E-state index in [0.29, 0.717) is 6.54 Å². The minimum atomic E-state index is 0.0861. The molecular weight excluding hydrogens is 214 g/mol. The van der Waals surface area contributed by atoms with E-state index in [9.17, 15) is 4.79 Å². The van der Waals surface area contributed by atoms with Crippen LogP contribution in [-0.4, -0.2) is 31.1 Å². The van der Waals surface area contributed by atoms with Crippen LogP contribution in [-0.2, 0) is 6.54 Å². The highest BCUT2D eigenvalue weighted by molar-refractivity contribution is 5.91. The van der Waals surface area contributed by atoms with E-state index in [2.05, 4.69) is 0 Å². The third-order valence-corrected chi connectivity index (χ3v) is 3.22. The van der Waals surface area contributed by atoms with E-state index >= 15 is 0 Å². The smallest absolute Gasteiger partial charge is 0.324 e. The normalized spacial score (nSPS) is 15.1. The minimum absolute atomic E-state index is 0.0861. The summed E-state index contributed by atoms with van der Waals surface area (Å²) in [5.74, 6) is 0. The van der Waals surface area contributed by atoms with Crippen molar-refractivity contribution >= 4 is 11.7 Å². The lowest BCUT2D eigenvalue weighted by Crippen LogP contribution is -2.39. The Hall–Kier alpha value is -1.55. The molecule has 1 aliphatic heterocycles. The molecule has 4 heteroatoms. The fourth-order valence-electron chi connectivity index (χ4n) is 2.09. The van der Waals surface area contributed by atoms with Gasteiger partial charge in [-0.1, -0.05) is 12.1 Å². The second-order valence-electron chi connectivity index (χ2n) is 4.41. The zero-order valence-corrected chi connectivity index (χ0v) is 10.2. The third kappa shape index (κ3) is 2.58. The number of likely N-dealkylation sites (tertiary alicyclic amines) is 1. The highest BCUT2D eigenvalue weighted by Gasteiger charge is 2.21. The summed E-state index contributed by atoms with van der Waals surface area (Å²) in [7, 11) is 1.82. The molecule has 1 aliphatic rings. The second-order valence-corrected chi connectivity index (χ2v) is 4.41. The molecule has 0 bridgehead atoms. The Kier molecular flexibility index (Phi) is 3.64. The molecule has 1 saturated heterocycles. The van der Waals surface area contributed by atoms with Crippen molar-refractivity contribution in [2.45, 2.75) is 19.4 Å². The molecule has 0 aromatic heterocycles. The Morgan fingerprint density at radius 1 is 1.29 bits per heavy atom. The molecule has 4 nitrogen and oxygen atoms in total. The van der Waals surface area contributed by atoms with Crippen LogP contribution < -0.4 is 10.6 Å². The quantitative estimate of drug-likeness (QED) is 0.846. The number of hydrogen-bond donors (Lipinski definition) is 1. The molecule has 0 spiro atoms. The Bertz CT molecular complexity index is 382. The molecule has 0 unspecified atom stereocenters. The fraction of sp³-hybridized carbons (Fsp3) is 0.462. The molecule has 1 aromatic rings. The molecule has 1 aromatic carbocycles. The van der Waals surface area contributed by atoms with E-state index in [-0.39, 0.29) is 6.03 Å². The summed E-state index contributed by atoms with van der Waals surface area (Å²) in [6.45, 7) is 2.29. The van der Waals surface area contributed by atoms with Crippen LogP contribution in [0, 0.1) is 0 Å². The first kappa shape index (κ1) is 11.9.